The van der Waals surface area contributed by atoms with E-state index >= 15 is 0 Å². The van der Waals surface area contributed by atoms with Crippen LogP contribution in [-0.2, 0) is 11.3 Å². The van der Waals surface area contributed by atoms with Gasteiger partial charge in [-0.1, -0.05) is 31.5 Å². The van der Waals surface area contributed by atoms with E-state index in [4.69, 9.17) is 5.73 Å². The van der Waals surface area contributed by atoms with Crippen LogP contribution in [0.2, 0.25) is 0 Å². The van der Waals surface area contributed by atoms with E-state index in [9.17, 15) is 9.18 Å². The summed E-state index contributed by atoms with van der Waals surface area (Å²) in [5.74, 6) is -0.459. The monoisotopic (exact) mass is 252 g/mol. The summed E-state index contributed by atoms with van der Waals surface area (Å²) in [4.78, 5) is 13.6. The maximum atomic E-state index is 13.5. The van der Waals surface area contributed by atoms with Crippen LogP contribution in [0.1, 0.15) is 32.3 Å². The average Bonchev–Trinajstić information content (AvgIpc) is 2.31. The van der Waals surface area contributed by atoms with E-state index in [0.717, 1.165) is 6.42 Å². The normalized spacial score (nSPS) is 14.1. The molecule has 0 bridgehead atoms. The van der Waals surface area contributed by atoms with Crippen molar-refractivity contribution in [3.8, 4) is 0 Å². The van der Waals surface area contributed by atoms with Gasteiger partial charge in [-0.15, -0.1) is 0 Å². The van der Waals surface area contributed by atoms with E-state index in [-0.39, 0.29) is 18.3 Å². The van der Waals surface area contributed by atoms with Crippen molar-refractivity contribution in [1.82, 2.24) is 4.90 Å². The number of halogens is 1. The fraction of sp³-hybridized carbons (Fsp3) is 0.500. The van der Waals surface area contributed by atoms with Gasteiger partial charge in [0.15, 0.2) is 0 Å². The van der Waals surface area contributed by atoms with E-state index in [1.165, 1.54) is 11.0 Å². The largest absolute Gasteiger partial charge is 0.340 e. The smallest absolute Gasteiger partial charge is 0.242 e. The molecule has 0 radical (unpaired) electrons. The first-order valence-corrected chi connectivity index (χ1v) is 6.16. The predicted octanol–water partition coefficient (Wildman–Crippen LogP) is 2.30. The summed E-state index contributed by atoms with van der Waals surface area (Å²) >= 11 is 0. The Balaban J connectivity index is 2.74. The van der Waals surface area contributed by atoms with Crippen molar-refractivity contribution < 1.29 is 9.18 Å². The lowest BCUT2D eigenvalue weighted by atomic mass is 9.95. The van der Waals surface area contributed by atoms with Gasteiger partial charge >= 0.3 is 0 Å². The molecule has 18 heavy (non-hydrogen) atoms. The third-order valence-electron chi connectivity index (χ3n) is 2.97. The SMILES string of the molecule is CCCC(C)(N)C(=O)N(C)Cc1ccccc1F. The Hall–Kier alpha value is -1.42. The van der Waals surface area contributed by atoms with Crippen LogP contribution in [0, 0.1) is 5.82 Å². The molecule has 1 aromatic carbocycles. The van der Waals surface area contributed by atoms with Crippen molar-refractivity contribution in [2.75, 3.05) is 7.05 Å². The Labute approximate surface area is 108 Å². The topological polar surface area (TPSA) is 46.3 Å². The molecule has 0 fully saturated rings. The summed E-state index contributed by atoms with van der Waals surface area (Å²) in [6.07, 6.45) is 1.46. The summed E-state index contributed by atoms with van der Waals surface area (Å²) in [7, 11) is 1.65. The summed E-state index contributed by atoms with van der Waals surface area (Å²) in [6, 6.07) is 6.45. The summed E-state index contributed by atoms with van der Waals surface area (Å²) in [5, 5.41) is 0. The zero-order valence-corrected chi connectivity index (χ0v) is 11.2. The van der Waals surface area contributed by atoms with Crippen LogP contribution in [0.5, 0.6) is 0 Å². The molecule has 2 N–H and O–H groups in total. The number of carbonyl (C=O) groups is 1. The molecule has 0 aliphatic carbocycles. The molecule has 1 rings (SSSR count). The number of amides is 1. The fourth-order valence-electron chi connectivity index (χ4n) is 2.02. The van der Waals surface area contributed by atoms with E-state index in [1.807, 2.05) is 6.92 Å². The van der Waals surface area contributed by atoms with Gasteiger partial charge in [-0.2, -0.15) is 0 Å². The fourth-order valence-corrected chi connectivity index (χ4v) is 2.02. The summed E-state index contributed by atoms with van der Waals surface area (Å²) < 4.78 is 13.5. The Bertz CT molecular complexity index is 418. The van der Waals surface area contributed by atoms with E-state index in [1.54, 1.807) is 32.2 Å². The van der Waals surface area contributed by atoms with Gasteiger partial charge in [-0.25, -0.2) is 4.39 Å². The minimum absolute atomic E-state index is 0.160. The van der Waals surface area contributed by atoms with Crippen LogP contribution in [0.4, 0.5) is 4.39 Å². The molecule has 1 aromatic rings. The summed E-state index contributed by atoms with van der Waals surface area (Å²) in [5.41, 5.74) is 5.60. The van der Waals surface area contributed by atoms with E-state index in [0.29, 0.717) is 12.0 Å². The summed E-state index contributed by atoms with van der Waals surface area (Å²) in [6.45, 7) is 3.94. The van der Waals surface area contributed by atoms with Gasteiger partial charge in [0.2, 0.25) is 5.91 Å². The number of benzene rings is 1. The van der Waals surface area contributed by atoms with Crippen LogP contribution in [-0.4, -0.2) is 23.4 Å². The predicted molar refractivity (Wildman–Crippen MR) is 70.4 cm³/mol. The molecule has 0 saturated heterocycles. The van der Waals surface area contributed by atoms with E-state index < -0.39 is 5.54 Å². The minimum atomic E-state index is -0.880. The third-order valence-corrected chi connectivity index (χ3v) is 2.97. The van der Waals surface area contributed by atoms with Gasteiger partial charge in [0.1, 0.15) is 5.82 Å². The van der Waals surface area contributed by atoms with Gasteiger partial charge in [0, 0.05) is 19.2 Å². The van der Waals surface area contributed by atoms with Gasteiger partial charge < -0.3 is 10.6 Å². The van der Waals surface area contributed by atoms with Crippen molar-refractivity contribution in [3.05, 3.63) is 35.6 Å². The molecule has 1 atom stereocenters. The highest BCUT2D eigenvalue weighted by atomic mass is 19.1. The molecule has 0 aliphatic rings. The Morgan fingerprint density at radius 1 is 1.44 bits per heavy atom. The highest BCUT2D eigenvalue weighted by molar-refractivity contribution is 5.85. The Morgan fingerprint density at radius 2 is 2.06 bits per heavy atom. The number of hydrogen-bond acceptors (Lipinski definition) is 2. The third kappa shape index (κ3) is 3.53. The van der Waals surface area contributed by atoms with Crippen LogP contribution < -0.4 is 5.73 Å². The van der Waals surface area contributed by atoms with Crippen molar-refractivity contribution in [1.29, 1.82) is 0 Å². The van der Waals surface area contributed by atoms with Crippen molar-refractivity contribution in [3.63, 3.8) is 0 Å². The molecular formula is C14H21FN2O. The van der Waals surface area contributed by atoms with Crippen LogP contribution in [0.3, 0.4) is 0 Å². The second kappa shape index (κ2) is 5.96. The lowest BCUT2D eigenvalue weighted by Crippen LogP contribution is -2.51. The number of carbonyl (C=O) groups excluding carboxylic acids is 1. The van der Waals surface area contributed by atoms with Crippen molar-refractivity contribution in [2.45, 2.75) is 38.8 Å². The number of hydrogen-bond donors (Lipinski definition) is 1. The van der Waals surface area contributed by atoms with Gasteiger partial charge in [0.25, 0.3) is 0 Å². The lowest BCUT2D eigenvalue weighted by molar-refractivity contribution is -0.135. The molecule has 0 heterocycles. The Morgan fingerprint density at radius 3 is 2.61 bits per heavy atom. The van der Waals surface area contributed by atoms with Gasteiger partial charge in [0.05, 0.1) is 5.54 Å². The first kappa shape index (κ1) is 14.6. The lowest BCUT2D eigenvalue weighted by Gasteiger charge is -2.29. The molecule has 1 amide bonds. The molecule has 0 saturated carbocycles. The first-order chi connectivity index (χ1) is 8.38. The van der Waals surface area contributed by atoms with Crippen LogP contribution in [0.15, 0.2) is 24.3 Å². The molecule has 0 aliphatic heterocycles. The number of nitrogens with two attached hydrogens (primary N) is 1. The molecular weight excluding hydrogens is 231 g/mol. The average molecular weight is 252 g/mol. The number of nitrogens with zero attached hydrogens (tertiary/aromatic N) is 1. The molecule has 1 unspecified atom stereocenters. The quantitative estimate of drug-likeness (QED) is 0.874. The highest BCUT2D eigenvalue weighted by Crippen LogP contribution is 2.15. The first-order valence-electron chi connectivity index (χ1n) is 6.16. The van der Waals surface area contributed by atoms with Gasteiger partial charge in [-0.3, -0.25) is 4.79 Å². The number of rotatable bonds is 5. The second-order valence-electron chi connectivity index (χ2n) is 4.92. The molecule has 0 spiro atoms. The maximum Gasteiger partial charge on any atom is 0.242 e. The van der Waals surface area contributed by atoms with E-state index in [2.05, 4.69) is 0 Å². The van der Waals surface area contributed by atoms with Gasteiger partial charge in [-0.05, 0) is 19.4 Å². The standard InChI is InChI=1S/C14H21FN2O/c1-4-9-14(2,16)13(18)17(3)10-11-7-5-6-8-12(11)15/h5-8H,4,9-10,16H2,1-3H3. The van der Waals surface area contributed by atoms with Crippen LogP contribution >= 0.6 is 0 Å². The molecule has 0 aromatic heterocycles. The molecule has 100 valence electrons. The maximum absolute atomic E-state index is 13.5. The zero-order valence-electron chi connectivity index (χ0n) is 11.2. The number of likely N-dealkylation sites (N-methyl/N-ethyl adjacent to an activating group) is 1. The van der Waals surface area contributed by atoms with Crippen LogP contribution in [0.25, 0.3) is 0 Å². The second-order valence-corrected chi connectivity index (χ2v) is 4.92. The highest BCUT2D eigenvalue weighted by Gasteiger charge is 2.30. The zero-order chi connectivity index (χ0) is 13.8. The molecule has 3 nitrogen and oxygen atoms in total. The van der Waals surface area contributed by atoms with Crippen molar-refractivity contribution in [2.24, 2.45) is 5.73 Å². The Kier molecular flexibility index (Phi) is 4.84. The minimum Gasteiger partial charge on any atom is -0.340 e. The van der Waals surface area contributed by atoms with Crippen molar-refractivity contribution >= 4 is 5.91 Å². The molecule has 4 heteroatoms.